The smallest absolute Gasteiger partial charge is 0.407 e. The Hall–Kier alpha value is -5.41. The Kier molecular flexibility index (Phi) is 14.9. The van der Waals surface area contributed by atoms with Crippen molar-refractivity contribution >= 4 is 46.8 Å². The van der Waals surface area contributed by atoms with Crippen LogP contribution < -0.4 is 26.6 Å². The number of nitrogens with zero attached hydrogens (tertiary/aromatic N) is 3. The Morgan fingerprint density at radius 3 is 2.08 bits per heavy atom. The molecule has 2 aliphatic rings. The third-order valence-electron chi connectivity index (χ3n) is 10.5. The molecular formula is C45H55ClN8O6. The summed E-state index contributed by atoms with van der Waals surface area (Å²) in [4.78, 5) is 61.6. The number of benzene rings is 2. The van der Waals surface area contributed by atoms with Gasteiger partial charge in [0.15, 0.2) is 0 Å². The zero-order chi connectivity index (χ0) is 42.7. The molecule has 0 bridgehead atoms. The topological polar surface area (TPSA) is 176 Å². The van der Waals surface area contributed by atoms with Crippen molar-refractivity contribution in [2.45, 2.75) is 72.1 Å². The van der Waals surface area contributed by atoms with Gasteiger partial charge in [0.25, 0.3) is 11.8 Å². The molecule has 0 unspecified atom stereocenters. The zero-order valence-electron chi connectivity index (χ0n) is 34.8. The summed E-state index contributed by atoms with van der Waals surface area (Å²) < 4.78 is 10.7. The Labute approximate surface area is 356 Å². The molecule has 6 rings (SSSR count). The van der Waals surface area contributed by atoms with Gasteiger partial charge < -0.3 is 36.1 Å². The first-order valence-corrected chi connectivity index (χ1v) is 20.8. The number of anilines is 2. The normalized spacial score (nSPS) is 14.8. The molecule has 5 N–H and O–H groups in total. The third-order valence-corrected chi connectivity index (χ3v) is 10.9. The molecule has 0 radical (unpaired) electrons. The fourth-order valence-corrected chi connectivity index (χ4v) is 7.62. The molecule has 0 saturated carbocycles. The molecule has 4 amide bonds. The molecule has 1 spiro atoms. The number of alkyl carbamates (subject to hydrolysis) is 1. The van der Waals surface area contributed by atoms with E-state index in [1.54, 1.807) is 51.4 Å². The standard InChI is InChI=1S/C45H55ClN8O6/c1-30-33(34-9-6-11-36(40(34)46)53-42(57)38-16-14-32(26-51-38)27-54-28-45(29-54)17-22-59-23-18-45)8-5-10-35(30)52-41(56)37-15-13-31(25-50-37)24-47-20-21-48-39(55)12-7-19-49-43(58)60-44(2,3)4/h5-6,8-11,13-16,25-26,47H,7,12,17-24,27-29H2,1-4H3,(H,48,55)(H,49,58)(H,52,56)(H,53,57). The second kappa shape index (κ2) is 20.2. The van der Waals surface area contributed by atoms with Crippen LogP contribution in [-0.2, 0) is 27.4 Å². The predicted molar refractivity (Wildman–Crippen MR) is 232 cm³/mol. The van der Waals surface area contributed by atoms with Crippen molar-refractivity contribution in [1.29, 1.82) is 0 Å². The maximum Gasteiger partial charge on any atom is 0.407 e. The number of ether oxygens (including phenoxy) is 2. The quantitative estimate of drug-likeness (QED) is 0.0761. The number of hydrogen-bond acceptors (Lipinski definition) is 10. The SMILES string of the molecule is Cc1c(NC(=O)c2ccc(CNCCNC(=O)CCCNC(=O)OC(C)(C)C)cn2)cccc1-c1cccc(NC(=O)c2ccc(CN3CC4(CCOCC4)C3)cn2)c1Cl. The van der Waals surface area contributed by atoms with Gasteiger partial charge in [-0.1, -0.05) is 48.0 Å². The Bertz CT molecular complexity index is 2130. The fourth-order valence-electron chi connectivity index (χ4n) is 7.35. The van der Waals surface area contributed by atoms with E-state index in [1.165, 1.54) is 0 Å². The summed E-state index contributed by atoms with van der Waals surface area (Å²) in [6, 6.07) is 18.2. The molecule has 2 aliphatic heterocycles. The van der Waals surface area contributed by atoms with Crippen molar-refractivity contribution in [2.24, 2.45) is 5.41 Å². The van der Waals surface area contributed by atoms with E-state index in [0.29, 0.717) is 72.1 Å². The first-order chi connectivity index (χ1) is 28.8. The van der Waals surface area contributed by atoms with E-state index < -0.39 is 11.7 Å². The van der Waals surface area contributed by atoms with Gasteiger partial charge in [0.05, 0.1) is 10.7 Å². The molecule has 15 heteroatoms. The molecule has 14 nitrogen and oxygen atoms in total. The van der Waals surface area contributed by atoms with Crippen molar-refractivity contribution in [2.75, 3.05) is 56.6 Å². The lowest BCUT2D eigenvalue weighted by Gasteiger charge is -2.52. The van der Waals surface area contributed by atoms with Gasteiger partial charge in [0, 0.05) is 94.5 Å². The molecular weight excluding hydrogens is 784 g/mol. The number of rotatable bonds is 16. The number of hydrogen-bond donors (Lipinski definition) is 5. The fraction of sp³-hybridized carbons (Fsp3) is 0.422. The minimum absolute atomic E-state index is 0.0995. The molecule has 0 atom stereocenters. The van der Waals surface area contributed by atoms with E-state index in [2.05, 4.69) is 41.5 Å². The van der Waals surface area contributed by atoms with Gasteiger partial charge in [0.2, 0.25) is 5.91 Å². The Balaban J connectivity index is 0.944. The lowest BCUT2D eigenvalue weighted by atomic mass is 9.73. The summed E-state index contributed by atoms with van der Waals surface area (Å²) in [5, 5.41) is 15.0. The highest BCUT2D eigenvalue weighted by atomic mass is 35.5. The number of pyridine rings is 2. The third kappa shape index (κ3) is 12.3. The van der Waals surface area contributed by atoms with E-state index in [9.17, 15) is 19.2 Å². The number of aromatic nitrogens is 2. The first-order valence-electron chi connectivity index (χ1n) is 20.4. The van der Waals surface area contributed by atoms with Crippen LogP contribution in [0.4, 0.5) is 16.2 Å². The van der Waals surface area contributed by atoms with Crippen LogP contribution in [-0.4, -0.2) is 90.2 Å². The van der Waals surface area contributed by atoms with Gasteiger partial charge in [-0.05, 0) is 93.5 Å². The lowest BCUT2D eigenvalue weighted by Crippen LogP contribution is -2.57. The maximum absolute atomic E-state index is 13.3. The Morgan fingerprint density at radius 1 is 0.800 bits per heavy atom. The van der Waals surface area contributed by atoms with Crippen LogP contribution in [0.1, 0.15) is 84.1 Å². The second-order valence-corrected chi connectivity index (χ2v) is 16.9. The van der Waals surface area contributed by atoms with Gasteiger partial charge in [-0.15, -0.1) is 0 Å². The number of halogens is 1. The molecule has 2 aromatic heterocycles. The van der Waals surface area contributed by atoms with E-state index in [-0.39, 0.29) is 23.4 Å². The highest BCUT2D eigenvalue weighted by Gasteiger charge is 2.43. The number of amides is 4. The van der Waals surface area contributed by atoms with Gasteiger partial charge in [-0.2, -0.15) is 0 Å². The van der Waals surface area contributed by atoms with Crippen LogP contribution in [0.3, 0.4) is 0 Å². The maximum atomic E-state index is 13.3. The van der Waals surface area contributed by atoms with Crippen LogP contribution >= 0.6 is 11.6 Å². The zero-order valence-corrected chi connectivity index (χ0v) is 35.5. The minimum atomic E-state index is -0.568. The van der Waals surface area contributed by atoms with Crippen LogP contribution in [0.25, 0.3) is 11.1 Å². The van der Waals surface area contributed by atoms with Crippen molar-refractivity contribution < 1.29 is 28.7 Å². The average molecular weight is 839 g/mol. The van der Waals surface area contributed by atoms with Crippen LogP contribution in [0.15, 0.2) is 73.1 Å². The highest BCUT2D eigenvalue weighted by Crippen LogP contribution is 2.40. The molecule has 4 heterocycles. The van der Waals surface area contributed by atoms with Gasteiger partial charge in [-0.3, -0.25) is 29.3 Å². The van der Waals surface area contributed by atoms with Crippen molar-refractivity contribution in [3.05, 3.63) is 106 Å². The molecule has 0 aliphatic carbocycles. The second-order valence-electron chi connectivity index (χ2n) is 16.5. The summed E-state index contributed by atoms with van der Waals surface area (Å²) in [7, 11) is 0. The number of carbonyl (C=O) groups is 4. The number of nitrogens with one attached hydrogen (secondary N) is 5. The van der Waals surface area contributed by atoms with E-state index >= 15 is 0 Å². The van der Waals surface area contributed by atoms with Crippen molar-refractivity contribution in [3.63, 3.8) is 0 Å². The molecule has 2 saturated heterocycles. The summed E-state index contributed by atoms with van der Waals surface area (Å²) in [5.41, 5.74) is 5.67. The summed E-state index contributed by atoms with van der Waals surface area (Å²) in [5.74, 6) is -0.823. The van der Waals surface area contributed by atoms with Gasteiger partial charge >= 0.3 is 6.09 Å². The van der Waals surface area contributed by atoms with Crippen LogP contribution in [0.2, 0.25) is 5.02 Å². The average Bonchev–Trinajstić information content (AvgIpc) is 3.21. The number of likely N-dealkylation sites (tertiary alicyclic amines) is 1. The largest absolute Gasteiger partial charge is 0.444 e. The summed E-state index contributed by atoms with van der Waals surface area (Å²) in [6.07, 6.45) is 5.94. The molecule has 2 fully saturated rings. The van der Waals surface area contributed by atoms with Crippen molar-refractivity contribution in [3.8, 4) is 11.1 Å². The minimum Gasteiger partial charge on any atom is -0.444 e. The predicted octanol–water partition coefficient (Wildman–Crippen LogP) is 6.73. The summed E-state index contributed by atoms with van der Waals surface area (Å²) >= 11 is 6.91. The van der Waals surface area contributed by atoms with Crippen LogP contribution in [0.5, 0.6) is 0 Å². The Morgan fingerprint density at radius 2 is 1.43 bits per heavy atom. The molecule has 60 heavy (non-hydrogen) atoms. The van der Waals surface area contributed by atoms with E-state index in [4.69, 9.17) is 21.1 Å². The lowest BCUT2D eigenvalue weighted by molar-refractivity contribution is -0.121. The van der Waals surface area contributed by atoms with Gasteiger partial charge in [-0.25, -0.2) is 4.79 Å². The van der Waals surface area contributed by atoms with Crippen LogP contribution in [0, 0.1) is 12.3 Å². The number of carbonyl (C=O) groups excluding carboxylic acids is 4. The molecule has 4 aromatic rings. The van der Waals surface area contributed by atoms with E-state index in [1.807, 2.05) is 49.4 Å². The van der Waals surface area contributed by atoms with Crippen molar-refractivity contribution in [1.82, 2.24) is 30.8 Å². The monoisotopic (exact) mass is 838 g/mol. The summed E-state index contributed by atoms with van der Waals surface area (Å²) in [6.45, 7) is 13.8. The molecule has 2 aromatic carbocycles. The first kappa shape index (κ1) is 44.2. The molecule has 318 valence electrons. The van der Waals surface area contributed by atoms with Gasteiger partial charge in [0.1, 0.15) is 17.0 Å². The van der Waals surface area contributed by atoms with E-state index in [0.717, 1.165) is 67.9 Å². The highest BCUT2D eigenvalue weighted by molar-refractivity contribution is 6.36.